The largest absolute Gasteiger partial charge is 0.358 e. The van der Waals surface area contributed by atoms with E-state index < -0.39 is 5.41 Å². The first-order valence-corrected chi connectivity index (χ1v) is 11.7. The zero-order valence-electron chi connectivity index (χ0n) is 18.5. The van der Waals surface area contributed by atoms with Crippen LogP contribution in [0.15, 0.2) is 18.2 Å². The van der Waals surface area contributed by atoms with Crippen LogP contribution in [0.1, 0.15) is 64.9 Å². The van der Waals surface area contributed by atoms with E-state index in [4.69, 9.17) is 11.6 Å². The molecule has 2 fully saturated rings. The summed E-state index contributed by atoms with van der Waals surface area (Å²) in [6.07, 6.45) is 6.50. The van der Waals surface area contributed by atoms with Crippen LogP contribution in [0, 0.1) is 17.3 Å². The number of carbonyl (C=O) groups is 2. The number of likely N-dealkylation sites (N-methyl/N-ethyl adjacent to an activating group) is 1. The zero-order chi connectivity index (χ0) is 21.7. The van der Waals surface area contributed by atoms with Gasteiger partial charge in [-0.2, -0.15) is 0 Å². The lowest BCUT2D eigenvalue weighted by Gasteiger charge is -2.42. The van der Waals surface area contributed by atoms with Crippen LogP contribution in [0.2, 0.25) is 5.02 Å². The average Bonchev–Trinajstić information content (AvgIpc) is 3.16. The van der Waals surface area contributed by atoms with E-state index in [1.54, 1.807) is 7.05 Å². The molecular formula is C24H34ClN3O2. The molecule has 1 saturated carbocycles. The van der Waals surface area contributed by atoms with E-state index in [0.717, 1.165) is 43.4 Å². The molecule has 5 nitrogen and oxygen atoms in total. The summed E-state index contributed by atoms with van der Waals surface area (Å²) in [5.74, 6) is 0.262. The summed E-state index contributed by atoms with van der Waals surface area (Å²) in [5, 5.41) is 10.3. The second-order valence-electron chi connectivity index (χ2n) is 10.5. The third-order valence-corrected chi connectivity index (χ3v) is 7.60. The maximum atomic E-state index is 13.8. The molecule has 1 aromatic carbocycles. The van der Waals surface area contributed by atoms with Crippen LogP contribution in [-0.4, -0.2) is 30.9 Å². The quantitative estimate of drug-likeness (QED) is 0.670. The lowest BCUT2D eigenvalue weighted by atomic mass is 9.59. The topological polar surface area (TPSA) is 70.2 Å². The van der Waals surface area contributed by atoms with Gasteiger partial charge in [0, 0.05) is 29.7 Å². The molecule has 2 heterocycles. The van der Waals surface area contributed by atoms with Crippen LogP contribution in [0.3, 0.4) is 0 Å². The standard InChI is InChI=1S/C24H34ClN3O2/c1-23(2,3)13-18-24(16-11-10-15(25)12-17(16)27-22(24)30)19(14-8-6-5-7-9-14)20(28-18)21(29)26-4/h10-12,14,18-20,28H,5-9,13H2,1-4H3,(H,26,29)(H,27,30)/t18-,19+,20-,24+/m1/s1. The summed E-state index contributed by atoms with van der Waals surface area (Å²) in [4.78, 5) is 26.9. The zero-order valence-corrected chi connectivity index (χ0v) is 19.2. The summed E-state index contributed by atoms with van der Waals surface area (Å²) in [6, 6.07) is 5.24. The minimum absolute atomic E-state index is 0.00875. The van der Waals surface area contributed by atoms with Crippen molar-refractivity contribution in [3.05, 3.63) is 28.8 Å². The maximum Gasteiger partial charge on any atom is 0.237 e. The first kappa shape index (κ1) is 21.6. The van der Waals surface area contributed by atoms with Gasteiger partial charge in [-0.3, -0.25) is 9.59 Å². The number of anilines is 1. The molecule has 164 valence electrons. The van der Waals surface area contributed by atoms with Crippen LogP contribution < -0.4 is 16.0 Å². The Morgan fingerprint density at radius 3 is 2.57 bits per heavy atom. The van der Waals surface area contributed by atoms with Gasteiger partial charge in [0.25, 0.3) is 0 Å². The smallest absolute Gasteiger partial charge is 0.237 e. The highest BCUT2D eigenvalue weighted by atomic mass is 35.5. The number of hydrogen-bond donors (Lipinski definition) is 3. The molecule has 0 bridgehead atoms. The van der Waals surface area contributed by atoms with Gasteiger partial charge in [-0.05, 0) is 35.4 Å². The number of rotatable bonds is 3. The van der Waals surface area contributed by atoms with Gasteiger partial charge in [0.15, 0.2) is 0 Å². The monoisotopic (exact) mass is 431 g/mol. The van der Waals surface area contributed by atoms with Crippen LogP contribution in [0.5, 0.6) is 0 Å². The summed E-state index contributed by atoms with van der Waals surface area (Å²) >= 11 is 6.26. The molecule has 3 aliphatic rings. The summed E-state index contributed by atoms with van der Waals surface area (Å²) in [5.41, 5.74) is 1.05. The predicted octanol–water partition coefficient (Wildman–Crippen LogP) is 4.25. The van der Waals surface area contributed by atoms with E-state index in [1.165, 1.54) is 6.42 Å². The van der Waals surface area contributed by atoms with Crippen LogP contribution >= 0.6 is 11.6 Å². The lowest BCUT2D eigenvalue weighted by molar-refractivity contribution is -0.126. The van der Waals surface area contributed by atoms with Crippen molar-refractivity contribution in [1.29, 1.82) is 0 Å². The van der Waals surface area contributed by atoms with Gasteiger partial charge >= 0.3 is 0 Å². The number of carbonyl (C=O) groups excluding carboxylic acids is 2. The maximum absolute atomic E-state index is 13.8. The molecule has 2 aliphatic heterocycles. The van der Waals surface area contributed by atoms with Crippen molar-refractivity contribution in [3.63, 3.8) is 0 Å². The normalized spacial score (nSPS) is 31.6. The Bertz CT molecular complexity index is 843. The van der Waals surface area contributed by atoms with Crippen molar-refractivity contribution in [2.24, 2.45) is 17.3 Å². The van der Waals surface area contributed by atoms with Crippen LogP contribution in [-0.2, 0) is 15.0 Å². The molecule has 0 aromatic heterocycles. The SMILES string of the molecule is CNC(=O)[C@@H]1N[C@H](CC(C)(C)C)[C@]2(C(=O)Nc3cc(Cl)ccc32)[C@H]1C1CCCCC1. The predicted molar refractivity (Wildman–Crippen MR) is 121 cm³/mol. The van der Waals surface area contributed by atoms with E-state index >= 15 is 0 Å². The van der Waals surface area contributed by atoms with Gasteiger partial charge in [-0.15, -0.1) is 0 Å². The molecular weight excluding hydrogens is 398 g/mol. The second-order valence-corrected chi connectivity index (χ2v) is 10.9. The van der Waals surface area contributed by atoms with Crippen molar-refractivity contribution in [2.75, 3.05) is 12.4 Å². The van der Waals surface area contributed by atoms with Crippen molar-refractivity contribution in [2.45, 2.75) is 76.8 Å². The molecule has 30 heavy (non-hydrogen) atoms. The Hall–Kier alpha value is -1.59. The van der Waals surface area contributed by atoms with Gasteiger partial charge in [-0.25, -0.2) is 0 Å². The molecule has 1 saturated heterocycles. The Morgan fingerprint density at radius 2 is 1.93 bits per heavy atom. The van der Waals surface area contributed by atoms with Gasteiger partial charge < -0.3 is 16.0 Å². The highest BCUT2D eigenvalue weighted by Crippen LogP contribution is 2.56. The first-order chi connectivity index (χ1) is 14.2. The van der Waals surface area contributed by atoms with Crippen molar-refractivity contribution in [1.82, 2.24) is 10.6 Å². The molecule has 4 atom stereocenters. The Kier molecular flexibility index (Phi) is 5.65. The molecule has 6 heteroatoms. The fourth-order valence-corrected chi connectivity index (χ4v) is 6.49. The fraction of sp³-hybridized carbons (Fsp3) is 0.667. The molecule has 1 aliphatic carbocycles. The molecule has 0 unspecified atom stereocenters. The molecule has 1 spiro atoms. The number of halogens is 1. The number of fused-ring (bicyclic) bond motifs is 2. The van der Waals surface area contributed by atoms with Gasteiger partial charge in [-0.1, -0.05) is 70.5 Å². The summed E-state index contributed by atoms with van der Waals surface area (Å²) in [7, 11) is 1.69. The Labute approximate surface area is 184 Å². The van der Waals surface area contributed by atoms with Gasteiger partial charge in [0.2, 0.25) is 11.8 Å². The molecule has 2 amide bonds. The average molecular weight is 432 g/mol. The minimum Gasteiger partial charge on any atom is -0.358 e. The van der Waals surface area contributed by atoms with Crippen molar-refractivity contribution < 1.29 is 9.59 Å². The van der Waals surface area contributed by atoms with Gasteiger partial charge in [0.1, 0.15) is 0 Å². The minimum atomic E-state index is -0.758. The lowest BCUT2D eigenvalue weighted by Crippen LogP contribution is -2.52. The highest BCUT2D eigenvalue weighted by Gasteiger charge is 2.66. The molecule has 1 aromatic rings. The first-order valence-electron chi connectivity index (χ1n) is 11.3. The van der Waals surface area contributed by atoms with E-state index in [9.17, 15) is 9.59 Å². The number of nitrogens with one attached hydrogen (secondary N) is 3. The third-order valence-electron chi connectivity index (χ3n) is 7.37. The van der Waals surface area contributed by atoms with E-state index in [1.807, 2.05) is 18.2 Å². The summed E-state index contributed by atoms with van der Waals surface area (Å²) in [6.45, 7) is 6.59. The molecule has 4 rings (SSSR count). The fourth-order valence-electron chi connectivity index (χ4n) is 6.32. The number of amides is 2. The Balaban J connectivity index is 1.91. The van der Waals surface area contributed by atoms with E-state index in [0.29, 0.717) is 10.9 Å². The number of hydrogen-bond acceptors (Lipinski definition) is 3. The van der Waals surface area contributed by atoms with Crippen LogP contribution in [0.4, 0.5) is 5.69 Å². The van der Waals surface area contributed by atoms with E-state index in [-0.39, 0.29) is 35.2 Å². The molecule has 0 radical (unpaired) electrons. The Morgan fingerprint density at radius 1 is 1.23 bits per heavy atom. The number of benzene rings is 1. The van der Waals surface area contributed by atoms with Crippen LogP contribution in [0.25, 0.3) is 0 Å². The van der Waals surface area contributed by atoms with Gasteiger partial charge in [0.05, 0.1) is 11.5 Å². The van der Waals surface area contributed by atoms with Crippen molar-refractivity contribution >= 4 is 29.1 Å². The third kappa shape index (κ3) is 3.44. The van der Waals surface area contributed by atoms with Crippen molar-refractivity contribution in [3.8, 4) is 0 Å². The second kappa shape index (κ2) is 7.83. The van der Waals surface area contributed by atoms with E-state index in [2.05, 4.69) is 36.7 Å². The molecule has 3 N–H and O–H groups in total. The summed E-state index contributed by atoms with van der Waals surface area (Å²) < 4.78 is 0. The highest BCUT2D eigenvalue weighted by molar-refractivity contribution is 6.31.